The van der Waals surface area contributed by atoms with Crippen LogP contribution < -0.4 is 0 Å². The molecular weight excluding hydrogens is 324 g/mol. The number of benzene rings is 1. The first-order valence-electron chi connectivity index (χ1n) is 8.74. The summed E-state index contributed by atoms with van der Waals surface area (Å²) in [7, 11) is -3.71. The van der Waals surface area contributed by atoms with Crippen LogP contribution in [-0.4, -0.2) is 26.2 Å². The van der Waals surface area contributed by atoms with Gasteiger partial charge in [-0.05, 0) is 55.6 Å². The maximum atomic E-state index is 12.3. The summed E-state index contributed by atoms with van der Waals surface area (Å²) in [6, 6.07) is 6.70. The predicted molar refractivity (Wildman–Crippen MR) is 95.2 cm³/mol. The highest BCUT2D eigenvalue weighted by atomic mass is 32.2. The second kappa shape index (κ2) is 7.54. The van der Waals surface area contributed by atoms with Crippen LogP contribution in [0.3, 0.4) is 0 Å². The summed E-state index contributed by atoms with van der Waals surface area (Å²) in [5.41, 5.74) is 0.863. The molecule has 0 spiro atoms. The van der Waals surface area contributed by atoms with Crippen LogP contribution in [0.5, 0.6) is 0 Å². The van der Waals surface area contributed by atoms with E-state index in [9.17, 15) is 13.5 Å². The molecule has 1 aliphatic carbocycles. The van der Waals surface area contributed by atoms with Gasteiger partial charge in [0.15, 0.2) is 0 Å². The fourth-order valence-corrected chi connectivity index (χ4v) is 4.41. The monoisotopic (exact) mass is 354 g/mol. The van der Waals surface area contributed by atoms with E-state index in [1.165, 1.54) is 0 Å². The van der Waals surface area contributed by atoms with Crippen molar-refractivity contribution in [3.05, 3.63) is 29.8 Å². The Kier molecular flexibility index (Phi) is 6.10. The van der Waals surface area contributed by atoms with Gasteiger partial charge >= 0.3 is 0 Å². The summed E-state index contributed by atoms with van der Waals surface area (Å²) in [6.07, 6.45) is 3.42. The zero-order chi connectivity index (χ0) is 18.0. The largest absolute Gasteiger partial charge is 0.392 e. The van der Waals surface area contributed by atoms with Crippen molar-refractivity contribution in [2.24, 2.45) is 17.3 Å². The van der Waals surface area contributed by atoms with Crippen molar-refractivity contribution in [2.45, 2.75) is 64.4 Å². The van der Waals surface area contributed by atoms with Gasteiger partial charge in [-0.1, -0.05) is 44.9 Å². The minimum atomic E-state index is -3.71. The van der Waals surface area contributed by atoms with Crippen LogP contribution in [0.25, 0.3) is 0 Å². The van der Waals surface area contributed by atoms with Crippen LogP contribution in [0.2, 0.25) is 0 Å². The predicted octanol–water partition coefficient (Wildman–Crippen LogP) is 3.91. The highest BCUT2D eigenvalue weighted by Gasteiger charge is 2.34. The first-order chi connectivity index (χ1) is 11.1. The van der Waals surface area contributed by atoms with Gasteiger partial charge in [0.2, 0.25) is 0 Å². The average molecular weight is 355 g/mol. The van der Waals surface area contributed by atoms with Crippen molar-refractivity contribution >= 4 is 10.1 Å². The normalized spacial score (nSPS) is 23.9. The molecule has 0 amide bonds. The molecule has 2 rings (SSSR count). The Hall–Kier alpha value is -0.910. The Balaban J connectivity index is 1.95. The molecule has 0 bridgehead atoms. The molecule has 1 aliphatic rings. The van der Waals surface area contributed by atoms with Crippen LogP contribution in [0.15, 0.2) is 29.2 Å². The summed E-state index contributed by atoms with van der Waals surface area (Å²) < 4.78 is 29.9. The Morgan fingerprint density at radius 1 is 1.21 bits per heavy atom. The van der Waals surface area contributed by atoms with Gasteiger partial charge in [-0.2, -0.15) is 8.42 Å². The molecule has 1 saturated carbocycles. The van der Waals surface area contributed by atoms with Gasteiger partial charge in [-0.3, -0.25) is 4.18 Å². The van der Waals surface area contributed by atoms with Crippen LogP contribution in [0, 0.1) is 24.2 Å². The standard InChI is InChI=1S/C19H30O4S/c1-14-8-10-17(11-9-14)24(21,22)23-13-15-6-5-7-16(12-15)18(20)19(2,3)4/h8-11,15-16,18,20H,5-7,12-13H2,1-4H3. The van der Waals surface area contributed by atoms with E-state index in [1.54, 1.807) is 24.3 Å². The van der Waals surface area contributed by atoms with Crippen LogP contribution in [0.1, 0.15) is 52.0 Å². The quantitative estimate of drug-likeness (QED) is 0.814. The summed E-state index contributed by atoms with van der Waals surface area (Å²) in [6.45, 7) is 8.24. The van der Waals surface area contributed by atoms with Crippen LogP contribution in [-0.2, 0) is 14.3 Å². The summed E-state index contributed by atoms with van der Waals surface area (Å²) >= 11 is 0. The van der Waals surface area contributed by atoms with E-state index in [4.69, 9.17) is 4.18 Å². The smallest absolute Gasteiger partial charge is 0.296 e. The summed E-state index contributed by atoms with van der Waals surface area (Å²) in [4.78, 5) is 0.204. The number of rotatable bonds is 5. The van der Waals surface area contributed by atoms with Gasteiger partial charge in [-0.25, -0.2) is 0 Å². The SMILES string of the molecule is Cc1ccc(S(=O)(=O)OCC2CCCC(C(O)C(C)(C)C)C2)cc1. The number of aryl methyl sites for hydroxylation is 1. The third kappa shape index (κ3) is 5.04. The Morgan fingerprint density at radius 2 is 1.83 bits per heavy atom. The molecule has 4 nitrogen and oxygen atoms in total. The summed E-state index contributed by atoms with van der Waals surface area (Å²) in [5, 5.41) is 10.5. The van der Waals surface area contributed by atoms with Gasteiger partial charge in [0.05, 0.1) is 17.6 Å². The topological polar surface area (TPSA) is 63.6 Å². The van der Waals surface area contributed by atoms with Gasteiger partial charge < -0.3 is 5.11 Å². The molecule has 0 aliphatic heterocycles. The zero-order valence-corrected chi connectivity index (χ0v) is 16.0. The van der Waals surface area contributed by atoms with Crippen molar-refractivity contribution in [3.63, 3.8) is 0 Å². The third-order valence-electron chi connectivity index (χ3n) is 4.93. The van der Waals surface area contributed by atoms with E-state index < -0.39 is 10.1 Å². The minimum absolute atomic E-state index is 0.151. The third-order valence-corrected chi connectivity index (χ3v) is 6.22. The van der Waals surface area contributed by atoms with E-state index in [1.807, 2.05) is 27.7 Å². The lowest BCUT2D eigenvalue weighted by Gasteiger charge is -2.37. The van der Waals surface area contributed by atoms with Crippen molar-refractivity contribution in [3.8, 4) is 0 Å². The molecule has 24 heavy (non-hydrogen) atoms. The van der Waals surface area contributed by atoms with Crippen molar-refractivity contribution < 1.29 is 17.7 Å². The summed E-state index contributed by atoms with van der Waals surface area (Å²) in [5.74, 6) is 0.399. The maximum absolute atomic E-state index is 12.3. The van der Waals surface area contributed by atoms with Crippen molar-refractivity contribution in [2.75, 3.05) is 6.61 Å². The molecule has 0 heterocycles. The van der Waals surface area contributed by atoms with Crippen molar-refractivity contribution in [1.82, 2.24) is 0 Å². The number of hydrogen-bond donors (Lipinski definition) is 1. The molecule has 0 aromatic heterocycles. The zero-order valence-electron chi connectivity index (χ0n) is 15.2. The first kappa shape index (κ1) is 19.4. The number of aliphatic hydroxyl groups excluding tert-OH is 1. The molecule has 0 saturated heterocycles. The molecule has 3 atom stereocenters. The Bertz CT molecular complexity index is 628. The fraction of sp³-hybridized carbons (Fsp3) is 0.684. The molecule has 1 aromatic rings. The van der Waals surface area contributed by atoms with Gasteiger partial charge in [0, 0.05) is 0 Å². The van der Waals surface area contributed by atoms with Crippen LogP contribution in [0.4, 0.5) is 0 Å². The lowest BCUT2D eigenvalue weighted by atomic mass is 9.72. The van der Waals surface area contributed by atoms with Gasteiger partial charge in [-0.15, -0.1) is 0 Å². The molecule has 5 heteroatoms. The Morgan fingerprint density at radius 3 is 2.42 bits per heavy atom. The minimum Gasteiger partial charge on any atom is -0.392 e. The molecule has 3 unspecified atom stereocenters. The second-order valence-electron chi connectivity index (χ2n) is 8.16. The molecule has 136 valence electrons. The molecule has 0 radical (unpaired) electrons. The van der Waals surface area contributed by atoms with Gasteiger partial charge in [0.1, 0.15) is 0 Å². The molecule has 1 fully saturated rings. The number of hydrogen-bond acceptors (Lipinski definition) is 4. The van der Waals surface area contributed by atoms with E-state index in [0.29, 0.717) is 0 Å². The lowest BCUT2D eigenvalue weighted by Crippen LogP contribution is -2.37. The van der Waals surface area contributed by atoms with E-state index in [2.05, 4.69) is 0 Å². The average Bonchev–Trinajstić information content (AvgIpc) is 2.52. The molecule has 1 N–H and O–H groups in total. The van der Waals surface area contributed by atoms with E-state index >= 15 is 0 Å². The Labute approximate surface area is 146 Å². The van der Waals surface area contributed by atoms with Crippen LogP contribution >= 0.6 is 0 Å². The first-order valence-corrected chi connectivity index (χ1v) is 10.1. The fourth-order valence-electron chi connectivity index (χ4n) is 3.44. The van der Waals surface area contributed by atoms with Crippen molar-refractivity contribution in [1.29, 1.82) is 0 Å². The highest BCUT2D eigenvalue weighted by Crippen LogP contribution is 2.37. The molecule has 1 aromatic carbocycles. The molecular formula is C19H30O4S. The maximum Gasteiger partial charge on any atom is 0.296 e. The number of aliphatic hydroxyl groups is 1. The van der Waals surface area contributed by atoms with E-state index in [-0.39, 0.29) is 34.9 Å². The second-order valence-corrected chi connectivity index (χ2v) is 9.77. The van der Waals surface area contributed by atoms with Gasteiger partial charge in [0.25, 0.3) is 10.1 Å². The lowest BCUT2D eigenvalue weighted by molar-refractivity contribution is -0.0144. The highest BCUT2D eigenvalue weighted by molar-refractivity contribution is 7.86. The van der Waals surface area contributed by atoms with E-state index in [0.717, 1.165) is 31.2 Å².